The van der Waals surface area contributed by atoms with Crippen LogP contribution in [-0.2, 0) is 17.7 Å². The Labute approximate surface area is 173 Å². The lowest BCUT2D eigenvalue weighted by molar-refractivity contribution is 0.102. The number of anilines is 1. The number of amides is 2. The number of carbonyl (C=O) groups is 2. The second-order valence-electron chi connectivity index (χ2n) is 6.66. The third-order valence-electron chi connectivity index (χ3n) is 4.73. The largest absolute Gasteiger partial charge is 0.450 e. The number of nitrogens with zero attached hydrogens (tertiary/aromatic N) is 2. The second-order valence-corrected chi connectivity index (χ2v) is 7.74. The summed E-state index contributed by atoms with van der Waals surface area (Å²) in [5.41, 5.74) is 3.68. The fourth-order valence-electron chi connectivity index (χ4n) is 3.23. The third kappa shape index (κ3) is 4.30. The first-order chi connectivity index (χ1) is 14.1. The summed E-state index contributed by atoms with van der Waals surface area (Å²) in [4.78, 5) is 31.7. The van der Waals surface area contributed by atoms with E-state index in [2.05, 4.69) is 10.3 Å². The van der Waals surface area contributed by atoms with Gasteiger partial charge in [0.15, 0.2) is 5.13 Å². The molecule has 7 heteroatoms. The molecule has 4 rings (SSSR count). The van der Waals surface area contributed by atoms with Gasteiger partial charge in [-0.2, -0.15) is 0 Å². The Morgan fingerprint density at radius 1 is 1.10 bits per heavy atom. The van der Waals surface area contributed by atoms with Crippen LogP contribution in [0.3, 0.4) is 0 Å². The van der Waals surface area contributed by atoms with E-state index in [-0.39, 0.29) is 12.0 Å². The summed E-state index contributed by atoms with van der Waals surface area (Å²) >= 11 is 1.41. The molecule has 0 saturated carbocycles. The van der Waals surface area contributed by atoms with Gasteiger partial charge in [-0.3, -0.25) is 10.1 Å². The normalized spacial score (nSPS) is 12.9. The Kier molecular flexibility index (Phi) is 5.57. The first-order valence-corrected chi connectivity index (χ1v) is 10.3. The van der Waals surface area contributed by atoms with Crippen molar-refractivity contribution in [2.45, 2.75) is 19.9 Å². The van der Waals surface area contributed by atoms with Gasteiger partial charge in [0, 0.05) is 23.4 Å². The van der Waals surface area contributed by atoms with E-state index in [1.165, 1.54) is 11.3 Å². The molecule has 0 unspecified atom stereocenters. The van der Waals surface area contributed by atoms with Gasteiger partial charge in [0.1, 0.15) is 0 Å². The highest BCUT2D eigenvalue weighted by Gasteiger charge is 2.25. The molecule has 2 amide bonds. The van der Waals surface area contributed by atoms with Gasteiger partial charge in [-0.1, -0.05) is 53.8 Å². The monoisotopic (exact) mass is 407 g/mol. The first-order valence-electron chi connectivity index (χ1n) is 9.51. The lowest BCUT2D eigenvalue weighted by Gasteiger charge is -2.24. The van der Waals surface area contributed by atoms with Crippen molar-refractivity contribution in [2.75, 3.05) is 18.5 Å². The van der Waals surface area contributed by atoms with Crippen molar-refractivity contribution in [3.05, 3.63) is 70.7 Å². The lowest BCUT2D eigenvalue weighted by atomic mass is 10.0. The summed E-state index contributed by atoms with van der Waals surface area (Å²) in [6.07, 6.45) is 0.349. The molecule has 29 heavy (non-hydrogen) atoms. The van der Waals surface area contributed by atoms with Crippen LogP contribution in [0.2, 0.25) is 0 Å². The van der Waals surface area contributed by atoms with Crippen molar-refractivity contribution in [1.29, 1.82) is 0 Å². The predicted molar refractivity (Wildman–Crippen MR) is 113 cm³/mol. The van der Waals surface area contributed by atoms with Crippen molar-refractivity contribution in [2.24, 2.45) is 0 Å². The highest BCUT2D eigenvalue weighted by Crippen LogP contribution is 2.29. The zero-order valence-electron chi connectivity index (χ0n) is 16.1. The average molecular weight is 407 g/mol. The second kappa shape index (κ2) is 8.45. The van der Waals surface area contributed by atoms with Gasteiger partial charge in [-0.05, 0) is 30.2 Å². The van der Waals surface area contributed by atoms with Crippen LogP contribution in [0.25, 0.3) is 11.1 Å². The first kappa shape index (κ1) is 19.1. The number of thiazole rings is 1. The predicted octanol–water partition coefficient (Wildman–Crippen LogP) is 4.58. The molecular formula is C22H21N3O3S. The number of nitrogens with one attached hydrogen (secondary N) is 1. The van der Waals surface area contributed by atoms with Crippen LogP contribution >= 0.6 is 11.3 Å². The Bertz CT molecular complexity index is 1020. The van der Waals surface area contributed by atoms with Gasteiger partial charge in [-0.15, -0.1) is 0 Å². The Morgan fingerprint density at radius 3 is 2.55 bits per heavy atom. The average Bonchev–Trinajstić information content (AvgIpc) is 3.16. The van der Waals surface area contributed by atoms with Crippen molar-refractivity contribution < 1.29 is 14.3 Å². The van der Waals surface area contributed by atoms with Gasteiger partial charge >= 0.3 is 6.09 Å². The summed E-state index contributed by atoms with van der Waals surface area (Å²) in [6.45, 7) is 3.19. The number of aromatic nitrogens is 1. The Balaban J connectivity index is 1.43. The minimum Gasteiger partial charge on any atom is -0.450 e. The Morgan fingerprint density at radius 2 is 1.83 bits per heavy atom. The molecule has 0 aliphatic carbocycles. The summed E-state index contributed by atoms with van der Waals surface area (Å²) in [5.74, 6) is -0.196. The zero-order valence-corrected chi connectivity index (χ0v) is 16.9. The molecule has 0 spiro atoms. The molecule has 1 aliphatic rings. The maximum atomic E-state index is 12.6. The topological polar surface area (TPSA) is 71.5 Å². The molecule has 2 heterocycles. The number of ether oxygens (including phenoxy) is 1. The van der Waals surface area contributed by atoms with E-state index in [9.17, 15) is 9.59 Å². The SMILES string of the molecule is CCOC(=O)N1CCc2nc(NC(=O)c3ccc(-c4ccccc4)cc3)sc2C1. The lowest BCUT2D eigenvalue weighted by Crippen LogP contribution is -2.35. The number of carbonyl (C=O) groups excluding carboxylic acids is 2. The van der Waals surface area contributed by atoms with Gasteiger partial charge < -0.3 is 9.64 Å². The van der Waals surface area contributed by atoms with Crippen molar-refractivity contribution in [3.8, 4) is 11.1 Å². The zero-order chi connectivity index (χ0) is 20.2. The van der Waals surface area contributed by atoms with Crippen molar-refractivity contribution in [3.63, 3.8) is 0 Å². The molecule has 0 bridgehead atoms. The van der Waals surface area contributed by atoms with Gasteiger partial charge in [0.2, 0.25) is 0 Å². The van der Waals surface area contributed by atoms with Gasteiger partial charge in [0.05, 0.1) is 18.8 Å². The van der Waals surface area contributed by atoms with Crippen LogP contribution in [0, 0.1) is 0 Å². The maximum Gasteiger partial charge on any atom is 0.410 e. The van der Waals surface area contributed by atoms with Crippen LogP contribution < -0.4 is 5.32 Å². The summed E-state index contributed by atoms with van der Waals surface area (Å²) < 4.78 is 5.07. The third-order valence-corrected chi connectivity index (χ3v) is 5.73. The van der Waals surface area contributed by atoms with Crippen LogP contribution in [0.1, 0.15) is 27.9 Å². The van der Waals surface area contributed by atoms with E-state index in [0.29, 0.717) is 36.8 Å². The van der Waals surface area contributed by atoms with E-state index in [1.54, 1.807) is 11.8 Å². The van der Waals surface area contributed by atoms with Crippen molar-refractivity contribution in [1.82, 2.24) is 9.88 Å². The fourth-order valence-corrected chi connectivity index (χ4v) is 4.25. The minimum atomic E-state index is -0.310. The molecule has 148 valence electrons. The molecule has 2 aromatic carbocycles. The fraction of sp³-hybridized carbons (Fsp3) is 0.227. The molecular weight excluding hydrogens is 386 g/mol. The van der Waals surface area contributed by atoms with Gasteiger partial charge in [-0.25, -0.2) is 9.78 Å². The smallest absolute Gasteiger partial charge is 0.410 e. The molecule has 0 atom stereocenters. The number of benzene rings is 2. The molecule has 1 N–H and O–H groups in total. The van der Waals surface area contributed by atoms with Crippen LogP contribution in [0.15, 0.2) is 54.6 Å². The molecule has 0 saturated heterocycles. The van der Waals surface area contributed by atoms with E-state index in [4.69, 9.17) is 4.74 Å². The number of hydrogen-bond donors (Lipinski definition) is 1. The van der Waals surface area contributed by atoms with Crippen molar-refractivity contribution >= 4 is 28.5 Å². The van der Waals surface area contributed by atoms with E-state index in [1.807, 2.05) is 54.6 Å². The van der Waals surface area contributed by atoms with E-state index >= 15 is 0 Å². The summed E-state index contributed by atoms with van der Waals surface area (Å²) in [7, 11) is 0. The van der Waals surface area contributed by atoms with E-state index < -0.39 is 0 Å². The molecule has 1 aromatic heterocycles. The van der Waals surface area contributed by atoms with Crippen LogP contribution in [0.4, 0.5) is 9.93 Å². The number of hydrogen-bond acceptors (Lipinski definition) is 5. The number of rotatable bonds is 4. The molecule has 3 aromatic rings. The quantitative estimate of drug-likeness (QED) is 0.687. The standard InChI is InChI=1S/C22H21N3O3S/c1-2-28-22(27)25-13-12-18-19(14-25)29-21(23-18)24-20(26)17-10-8-16(9-11-17)15-6-4-3-5-7-15/h3-11H,2,12-14H2,1H3,(H,23,24,26). The van der Waals surface area contributed by atoms with Crippen LogP contribution in [-0.4, -0.2) is 35.0 Å². The number of fused-ring (bicyclic) bond motifs is 1. The molecule has 1 aliphatic heterocycles. The summed E-state index contributed by atoms with van der Waals surface area (Å²) in [5, 5.41) is 3.43. The minimum absolute atomic E-state index is 0.196. The molecule has 6 nitrogen and oxygen atoms in total. The highest BCUT2D eigenvalue weighted by atomic mass is 32.1. The van der Waals surface area contributed by atoms with E-state index in [0.717, 1.165) is 21.7 Å². The maximum absolute atomic E-state index is 12.6. The Hall–Kier alpha value is -3.19. The van der Waals surface area contributed by atoms with Gasteiger partial charge in [0.25, 0.3) is 5.91 Å². The highest BCUT2D eigenvalue weighted by molar-refractivity contribution is 7.15. The summed E-state index contributed by atoms with van der Waals surface area (Å²) in [6, 6.07) is 17.5. The van der Waals surface area contributed by atoms with Crippen LogP contribution in [0.5, 0.6) is 0 Å². The molecule has 0 fully saturated rings. The molecule has 0 radical (unpaired) electrons.